The summed E-state index contributed by atoms with van der Waals surface area (Å²) >= 11 is 2.93. The van der Waals surface area contributed by atoms with E-state index in [1.807, 2.05) is 48.9 Å². The van der Waals surface area contributed by atoms with Crippen LogP contribution in [-0.2, 0) is 4.79 Å². The molecule has 0 bridgehead atoms. The molecular formula is C18H17N3O2S2. The summed E-state index contributed by atoms with van der Waals surface area (Å²) < 4.78 is 5.63. The summed E-state index contributed by atoms with van der Waals surface area (Å²) in [5.74, 6) is 0.552. The number of hydrogen-bond acceptors (Lipinski definition) is 6. The summed E-state index contributed by atoms with van der Waals surface area (Å²) in [6, 6.07) is 7.73. The number of nitrogens with zero attached hydrogens (tertiary/aromatic N) is 2. The summed E-state index contributed by atoms with van der Waals surface area (Å²) in [6.07, 6.45) is 3.15. The van der Waals surface area contributed by atoms with E-state index in [1.54, 1.807) is 17.4 Å². The van der Waals surface area contributed by atoms with Gasteiger partial charge < -0.3 is 4.74 Å². The smallest absolute Gasteiger partial charge is 0.250 e. The molecule has 0 unspecified atom stereocenters. The lowest BCUT2D eigenvalue weighted by molar-refractivity contribution is -0.111. The fourth-order valence-corrected chi connectivity index (χ4v) is 3.47. The van der Waals surface area contributed by atoms with Gasteiger partial charge in [-0.15, -0.1) is 22.7 Å². The van der Waals surface area contributed by atoms with Gasteiger partial charge in [-0.2, -0.15) is 0 Å². The normalized spacial score (nSPS) is 11.0. The number of carbonyl (C=O) groups excluding carboxylic acids is 1. The van der Waals surface area contributed by atoms with Crippen molar-refractivity contribution in [1.82, 2.24) is 9.97 Å². The highest BCUT2D eigenvalue weighted by Gasteiger charge is 2.10. The van der Waals surface area contributed by atoms with Gasteiger partial charge >= 0.3 is 0 Å². The molecule has 0 fully saturated rings. The lowest BCUT2D eigenvalue weighted by atomic mass is 10.1. The average molecular weight is 371 g/mol. The molecule has 3 rings (SSSR count). The number of hydrogen-bond donors (Lipinski definition) is 1. The van der Waals surface area contributed by atoms with Crippen LogP contribution in [0, 0.1) is 6.92 Å². The van der Waals surface area contributed by atoms with Gasteiger partial charge in [0.25, 0.3) is 0 Å². The van der Waals surface area contributed by atoms with Gasteiger partial charge in [0.1, 0.15) is 5.75 Å². The van der Waals surface area contributed by atoms with Crippen molar-refractivity contribution in [3.8, 4) is 17.0 Å². The third-order valence-corrected chi connectivity index (χ3v) is 4.79. The van der Waals surface area contributed by atoms with Gasteiger partial charge in [0.05, 0.1) is 23.0 Å². The van der Waals surface area contributed by atoms with Crippen LogP contribution in [0.4, 0.5) is 5.13 Å². The number of rotatable bonds is 6. The maximum Gasteiger partial charge on any atom is 0.250 e. The zero-order chi connectivity index (χ0) is 17.6. The zero-order valence-corrected chi connectivity index (χ0v) is 15.5. The SMILES string of the molecule is CCOc1ccccc1-c1csc(NC(=O)C=Cc2csc(C)n2)n1. The molecule has 128 valence electrons. The molecule has 1 amide bonds. The third-order valence-electron chi connectivity index (χ3n) is 3.24. The van der Waals surface area contributed by atoms with E-state index in [0.717, 1.165) is 27.7 Å². The molecule has 2 heterocycles. The van der Waals surface area contributed by atoms with Gasteiger partial charge in [0, 0.05) is 22.4 Å². The highest BCUT2D eigenvalue weighted by Crippen LogP contribution is 2.32. The summed E-state index contributed by atoms with van der Waals surface area (Å²) in [7, 11) is 0. The maximum absolute atomic E-state index is 12.0. The van der Waals surface area contributed by atoms with Crippen molar-refractivity contribution >= 4 is 39.8 Å². The van der Waals surface area contributed by atoms with Crippen LogP contribution in [0.2, 0.25) is 0 Å². The Bertz CT molecular complexity index is 899. The van der Waals surface area contributed by atoms with E-state index in [2.05, 4.69) is 15.3 Å². The Kier molecular flexibility index (Phi) is 5.57. The maximum atomic E-state index is 12.0. The Labute approximate surface area is 154 Å². The molecule has 1 aromatic carbocycles. The van der Waals surface area contributed by atoms with Crippen molar-refractivity contribution in [3.05, 3.63) is 51.8 Å². The molecule has 2 aromatic heterocycles. The predicted octanol–water partition coefficient (Wildman–Crippen LogP) is 4.63. The second kappa shape index (κ2) is 8.04. The van der Waals surface area contributed by atoms with Crippen molar-refractivity contribution in [1.29, 1.82) is 0 Å². The number of amides is 1. The fraction of sp³-hybridized carbons (Fsp3) is 0.167. The van der Waals surface area contributed by atoms with Crippen LogP contribution < -0.4 is 10.1 Å². The Hall–Kier alpha value is -2.51. The van der Waals surface area contributed by atoms with Crippen LogP contribution in [0.25, 0.3) is 17.3 Å². The second-order valence-electron chi connectivity index (χ2n) is 5.08. The number of thiazole rings is 2. The first-order valence-corrected chi connectivity index (χ1v) is 9.50. The number of benzene rings is 1. The van der Waals surface area contributed by atoms with Gasteiger partial charge in [-0.3, -0.25) is 10.1 Å². The number of aromatic nitrogens is 2. The first kappa shape index (κ1) is 17.3. The number of para-hydroxylation sites is 1. The molecule has 5 nitrogen and oxygen atoms in total. The molecule has 7 heteroatoms. The summed E-state index contributed by atoms with van der Waals surface area (Å²) in [4.78, 5) is 20.8. The van der Waals surface area contributed by atoms with Gasteiger partial charge in [-0.25, -0.2) is 9.97 Å². The van der Waals surface area contributed by atoms with E-state index in [9.17, 15) is 4.79 Å². The van der Waals surface area contributed by atoms with Gasteiger partial charge in [0.15, 0.2) is 5.13 Å². The largest absolute Gasteiger partial charge is 0.493 e. The Morgan fingerprint density at radius 3 is 2.84 bits per heavy atom. The van der Waals surface area contributed by atoms with Crippen LogP contribution in [0.5, 0.6) is 5.75 Å². The monoisotopic (exact) mass is 371 g/mol. The van der Waals surface area contributed by atoms with Crippen molar-refractivity contribution in [2.45, 2.75) is 13.8 Å². The van der Waals surface area contributed by atoms with E-state index in [1.165, 1.54) is 17.4 Å². The van der Waals surface area contributed by atoms with Crippen molar-refractivity contribution in [2.24, 2.45) is 0 Å². The van der Waals surface area contributed by atoms with E-state index < -0.39 is 0 Å². The molecule has 0 aliphatic heterocycles. The van der Waals surface area contributed by atoms with Gasteiger partial charge in [-0.05, 0) is 32.1 Å². The molecule has 0 saturated heterocycles. The molecule has 0 atom stereocenters. The quantitative estimate of drug-likeness (QED) is 0.642. The van der Waals surface area contributed by atoms with Gasteiger partial charge in [0.2, 0.25) is 5.91 Å². The Balaban J connectivity index is 1.69. The number of ether oxygens (including phenoxy) is 1. The van der Waals surface area contributed by atoms with Crippen LogP contribution >= 0.6 is 22.7 Å². The van der Waals surface area contributed by atoms with E-state index >= 15 is 0 Å². The zero-order valence-electron chi connectivity index (χ0n) is 13.9. The Morgan fingerprint density at radius 2 is 2.08 bits per heavy atom. The van der Waals surface area contributed by atoms with Crippen LogP contribution in [0.3, 0.4) is 0 Å². The molecule has 1 N–H and O–H groups in total. The number of anilines is 1. The minimum atomic E-state index is -0.232. The molecule has 0 aliphatic rings. The number of nitrogens with one attached hydrogen (secondary N) is 1. The van der Waals surface area contributed by atoms with E-state index in [-0.39, 0.29) is 5.91 Å². The van der Waals surface area contributed by atoms with Crippen LogP contribution in [0.1, 0.15) is 17.6 Å². The van der Waals surface area contributed by atoms with Gasteiger partial charge in [-0.1, -0.05) is 12.1 Å². The van der Waals surface area contributed by atoms with Crippen LogP contribution in [0.15, 0.2) is 41.1 Å². The van der Waals surface area contributed by atoms with E-state index in [0.29, 0.717) is 11.7 Å². The molecule has 0 spiro atoms. The van der Waals surface area contributed by atoms with Crippen molar-refractivity contribution in [2.75, 3.05) is 11.9 Å². The fourth-order valence-electron chi connectivity index (χ4n) is 2.18. The third kappa shape index (κ3) is 4.52. The summed E-state index contributed by atoms with van der Waals surface area (Å²) in [6.45, 7) is 4.46. The molecule has 25 heavy (non-hydrogen) atoms. The van der Waals surface area contributed by atoms with Crippen molar-refractivity contribution < 1.29 is 9.53 Å². The summed E-state index contributed by atoms with van der Waals surface area (Å²) in [5.41, 5.74) is 2.47. The molecule has 0 saturated carbocycles. The number of aryl methyl sites for hydroxylation is 1. The van der Waals surface area contributed by atoms with E-state index in [4.69, 9.17) is 4.74 Å². The Morgan fingerprint density at radius 1 is 1.24 bits per heavy atom. The highest BCUT2D eigenvalue weighted by atomic mass is 32.1. The first-order valence-electron chi connectivity index (χ1n) is 7.74. The topological polar surface area (TPSA) is 64.1 Å². The number of carbonyl (C=O) groups is 1. The average Bonchev–Trinajstić information content (AvgIpc) is 3.23. The predicted molar refractivity (Wildman–Crippen MR) is 103 cm³/mol. The molecule has 0 radical (unpaired) electrons. The summed E-state index contributed by atoms with van der Waals surface area (Å²) in [5, 5.41) is 8.11. The molecule has 3 aromatic rings. The minimum absolute atomic E-state index is 0.232. The lowest BCUT2D eigenvalue weighted by Gasteiger charge is -2.07. The molecule has 0 aliphatic carbocycles. The molecular weight excluding hydrogens is 354 g/mol. The minimum Gasteiger partial charge on any atom is -0.493 e. The standard InChI is InChI=1S/C18H17N3O2S2/c1-3-23-16-7-5-4-6-14(16)15-11-25-18(20-15)21-17(22)9-8-13-10-24-12(2)19-13/h4-11H,3H2,1-2H3,(H,20,21,22). The highest BCUT2D eigenvalue weighted by molar-refractivity contribution is 7.14. The lowest BCUT2D eigenvalue weighted by Crippen LogP contribution is -2.07. The second-order valence-corrected chi connectivity index (χ2v) is 7.00. The van der Waals surface area contributed by atoms with Crippen molar-refractivity contribution in [3.63, 3.8) is 0 Å². The first-order chi connectivity index (χ1) is 12.2. The van der Waals surface area contributed by atoms with Crippen LogP contribution in [-0.4, -0.2) is 22.5 Å².